The van der Waals surface area contributed by atoms with Gasteiger partial charge in [0, 0.05) is 37.8 Å². The van der Waals surface area contributed by atoms with Crippen molar-refractivity contribution in [3.63, 3.8) is 0 Å². The number of rotatable bonds is 7. The number of anilines is 1. The van der Waals surface area contributed by atoms with E-state index < -0.39 is 10.8 Å². The fraction of sp³-hybridized carbons (Fsp3) is 0.440. The van der Waals surface area contributed by atoms with Crippen molar-refractivity contribution in [2.45, 2.75) is 44.6 Å². The Hall–Kier alpha value is -2.97. The Kier molecular flexibility index (Phi) is 7.80. The first kappa shape index (κ1) is 24.2. The molecular formula is C25H29ClN4O4. The van der Waals surface area contributed by atoms with Crippen molar-refractivity contribution in [2.75, 3.05) is 25.0 Å². The first-order valence-corrected chi connectivity index (χ1v) is 12.2. The second-order valence-electron chi connectivity index (χ2n) is 9.12. The number of benzene rings is 2. The van der Waals surface area contributed by atoms with Crippen molar-refractivity contribution in [3.8, 4) is 0 Å². The van der Waals surface area contributed by atoms with E-state index in [1.54, 1.807) is 24.3 Å². The molecule has 2 aromatic rings. The van der Waals surface area contributed by atoms with Crippen LogP contribution in [0.3, 0.4) is 0 Å². The number of nitro groups is 1. The van der Waals surface area contributed by atoms with Gasteiger partial charge < -0.3 is 15.5 Å². The first-order chi connectivity index (χ1) is 16.4. The van der Waals surface area contributed by atoms with Crippen LogP contribution in [-0.2, 0) is 0 Å². The molecule has 180 valence electrons. The third kappa shape index (κ3) is 5.93. The summed E-state index contributed by atoms with van der Waals surface area (Å²) in [4.78, 5) is 38.6. The molecule has 1 heterocycles. The summed E-state index contributed by atoms with van der Waals surface area (Å²) in [5, 5.41) is 16.7. The molecule has 2 aromatic carbocycles. The topological polar surface area (TPSA) is 105 Å². The summed E-state index contributed by atoms with van der Waals surface area (Å²) in [6, 6.07) is 10.5. The summed E-state index contributed by atoms with van der Waals surface area (Å²) in [6.07, 6.45) is 7.19. The normalized spacial score (nSPS) is 17.4. The molecule has 1 saturated carbocycles. The fourth-order valence-electron chi connectivity index (χ4n) is 4.86. The highest BCUT2D eigenvalue weighted by molar-refractivity contribution is 6.34. The zero-order chi connectivity index (χ0) is 24.1. The van der Waals surface area contributed by atoms with Crippen LogP contribution < -0.4 is 10.6 Å². The van der Waals surface area contributed by atoms with Gasteiger partial charge in [-0.3, -0.25) is 19.7 Å². The Morgan fingerprint density at radius 2 is 1.71 bits per heavy atom. The zero-order valence-electron chi connectivity index (χ0n) is 19.0. The summed E-state index contributed by atoms with van der Waals surface area (Å²) in [7, 11) is 0. The van der Waals surface area contributed by atoms with Crippen LogP contribution in [0.4, 0.5) is 11.4 Å². The highest BCUT2D eigenvalue weighted by Crippen LogP contribution is 2.27. The lowest BCUT2D eigenvalue weighted by molar-refractivity contribution is -0.384. The number of carbonyl (C=O) groups is 2. The second kappa shape index (κ2) is 11.0. The van der Waals surface area contributed by atoms with Gasteiger partial charge in [0.2, 0.25) is 0 Å². The molecule has 2 aliphatic rings. The van der Waals surface area contributed by atoms with E-state index in [1.165, 1.54) is 44.4 Å². The van der Waals surface area contributed by atoms with Crippen molar-refractivity contribution in [1.82, 2.24) is 10.2 Å². The number of non-ortho nitro benzene ring substituents is 1. The number of nitrogens with zero attached hydrogens (tertiary/aromatic N) is 2. The molecule has 34 heavy (non-hydrogen) atoms. The molecule has 0 bridgehead atoms. The molecule has 1 aliphatic carbocycles. The van der Waals surface area contributed by atoms with Crippen LogP contribution in [0.5, 0.6) is 0 Å². The summed E-state index contributed by atoms with van der Waals surface area (Å²) in [5.41, 5.74) is 0.619. The van der Waals surface area contributed by atoms with E-state index in [9.17, 15) is 19.7 Å². The van der Waals surface area contributed by atoms with Gasteiger partial charge in [-0.1, -0.05) is 36.6 Å². The predicted molar refractivity (Wildman–Crippen MR) is 131 cm³/mol. The molecule has 2 fully saturated rings. The lowest BCUT2D eigenvalue weighted by atomic mass is 10.0. The van der Waals surface area contributed by atoms with Crippen LogP contribution >= 0.6 is 11.6 Å². The smallest absolute Gasteiger partial charge is 0.270 e. The minimum absolute atomic E-state index is 0.0296. The maximum atomic E-state index is 13.0. The van der Waals surface area contributed by atoms with Crippen molar-refractivity contribution >= 4 is 34.8 Å². The fourth-order valence-corrected chi connectivity index (χ4v) is 5.12. The Morgan fingerprint density at radius 1 is 1.00 bits per heavy atom. The number of nitrogens with one attached hydrogen (secondary N) is 2. The molecule has 2 amide bonds. The van der Waals surface area contributed by atoms with Gasteiger partial charge in [-0.25, -0.2) is 0 Å². The van der Waals surface area contributed by atoms with Crippen LogP contribution in [0.15, 0.2) is 42.5 Å². The van der Waals surface area contributed by atoms with Crippen molar-refractivity contribution in [1.29, 1.82) is 0 Å². The van der Waals surface area contributed by atoms with Gasteiger partial charge in [0.1, 0.15) is 0 Å². The molecule has 1 aliphatic heterocycles. The van der Waals surface area contributed by atoms with Gasteiger partial charge in [-0.2, -0.15) is 0 Å². The summed E-state index contributed by atoms with van der Waals surface area (Å²) in [6.45, 7) is 3.14. The summed E-state index contributed by atoms with van der Waals surface area (Å²) >= 11 is 6.08. The molecule has 0 spiro atoms. The number of piperidine rings is 1. The Balaban J connectivity index is 1.36. The largest absolute Gasteiger partial charge is 0.349 e. The van der Waals surface area contributed by atoms with Gasteiger partial charge in [-0.05, 0) is 49.8 Å². The van der Waals surface area contributed by atoms with Gasteiger partial charge >= 0.3 is 0 Å². The number of amides is 2. The molecular weight excluding hydrogens is 456 g/mol. The minimum Gasteiger partial charge on any atom is -0.349 e. The molecule has 0 radical (unpaired) electrons. The van der Waals surface area contributed by atoms with E-state index >= 15 is 0 Å². The highest BCUT2D eigenvalue weighted by Gasteiger charge is 2.25. The van der Waals surface area contributed by atoms with E-state index in [0.29, 0.717) is 11.3 Å². The van der Waals surface area contributed by atoms with E-state index in [1.807, 2.05) is 0 Å². The second-order valence-corrected chi connectivity index (χ2v) is 9.53. The van der Waals surface area contributed by atoms with Crippen LogP contribution in [0.1, 0.15) is 59.2 Å². The lowest BCUT2D eigenvalue weighted by Crippen LogP contribution is -2.45. The lowest BCUT2D eigenvalue weighted by Gasteiger charge is -2.34. The monoisotopic (exact) mass is 484 g/mol. The summed E-state index contributed by atoms with van der Waals surface area (Å²) < 4.78 is 0. The van der Waals surface area contributed by atoms with Crippen molar-refractivity contribution < 1.29 is 14.5 Å². The Morgan fingerprint density at radius 3 is 2.38 bits per heavy atom. The molecule has 9 heteroatoms. The van der Waals surface area contributed by atoms with E-state index in [4.69, 9.17) is 11.6 Å². The molecule has 0 aromatic heterocycles. The third-order valence-electron chi connectivity index (χ3n) is 6.74. The third-order valence-corrected chi connectivity index (χ3v) is 7.05. The molecule has 2 N–H and O–H groups in total. The van der Waals surface area contributed by atoms with Crippen LogP contribution in [-0.4, -0.2) is 47.3 Å². The van der Waals surface area contributed by atoms with Crippen molar-refractivity contribution in [3.05, 3.63) is 68.7 Å². The molecule has 1 saturated heterocycles. The van der Waals surface area contributed by atoms with Crippen molar-refractivity contribution in [2.24, 2.45) is 5.92 Å². The average molecular weight is 485 g/mol. The maximum absolute atomic E-state index is 13.0. The number of halogens is 1. The minimum atomic E-state index is -0.577. The summed E-state index contributed by atoms with van der Waals surface area (Å²) in [5.74, 6) is 0.0474. The van der Waals surface area contributed by atoms with E-state index in [2.05, 4.69) is 15.5 Å². The van der Waals surface area contributed by atoms with Crippen LogP contribution in [0.2, 0.25) is 5.02 Å². The van der Waals surface area contributed by atoms with Gasteiger partial charge in [-0.15, -0.1) is 0 Å². The highest BCUT2D eigenvalue weighted by atomic mass is 35.5. The number of hydrogen-bond acceptors (Lipinski definition) is 5. The number of carbonyl (C=O) groups excluding carboxylic acids is 2. The number of nitro benzene ring substituents is 1. The van der Waals surface area contributed by atoms with Crippen LogP contribution in [0.25, 0.3) is 0 Å². The van der Waals surface area contributed by atoms with E-state index in [0.717, 1.165) is 37.9 Å². The molecule has 0 unspecified atom stereocenters. The number of para-hydroxylation sites is 1. The maximum Gasteiger partial charge on any atom is 0.270 e. The first-order valence-electron chi connectivity index (χ1n) is 11.8. The Labute approximate surface area is 203 Å². The average Bonchev–Trinajstić information content (AvgIpc) is 3.33. The Bertz CT molecular complexity index is 1060. The number of likely N-dealkylation sites (tertiary alicyclic amines) is 1. The SMILES string of the molecule is O=C(Nc1ccccc1C(=O)NC1CCN(CC2CCCC2)CC1)c1ccc([N+](=O)[O-])cc1Cl. The van der Waals surface area contributed by atoms with Gasteiger partial charge in [0.05, 0.1) is 26.8 Å². The van der Waals surface area contributed by atoms with Crippen LogP contribution in [0, 0.1) is 16.0 Å². The van der Waals surface area contributed by atoms with Gasteiger partial charge in [0.25, 0.3) is 17.5 Å². The molecule has 0 atom stereocenters. The zero-order valence-corrected chi connectivity index (χ0v) is 19.7. The van der Waals surface area contributed by atoms with Gasteiger partial charge in [0.15, 0.2) is 0 Å². The number of hydrogen-bond donors (Lipinski definition) is 2. The standard InChI is InChI=1S/C25H29ClN4O4/c26-22-15-19(30(33)34)9-10-20(22)24(31)28-23-8-4-3-7-21(23)25(32)27-18-11-13-29(14-12-18)16-17-5-1-2-6-17/h3-4,7-10,15,17-18H,1-2,5-6,11-14,16H2,(H,27,32)(H,28,31). The quantitative estimate of drug-likeness (QED) is 0.430. The molecule has 4 rings (SSSR count). The molecule has 8 nitrogen and oxygen atoms in total. The van der Waals surface area contributed by atoms with E-state index in [-0.39, 0.29) is 28.2 Å². The predicted octanol–water partition coefficient (Wildman–Crippen LogP) is 4.88.